The Kier molecular flexibility index (Phi) is 3.81. The Balaban J connectivity index is 2.44. The van der Waals surface area contributed by atoms with Crippen LogP contribution in [0.4, 0.5) is 0 Å². The van der Waals surface area contributed by atoms with Crippen molar-refractivity contribution in [2.75, 3.05) is 0 Å². The van der Waals surface area contributed by atoms with Crippen LogP contribution in [0.25, 0.3) is 0 Å². The van der Waals surface area contributed by atoms with Gasteiger partial charge in [-0.15, -0.1) is 0 Å². The molecular formula is C13H10INO3. The highest BCUT2D eigenvalue weighted by Gasteiger charge is 2.16. The molecule has 4 nitrogen and oxygen atoms in total. The molecule has 1 N–H and O–H groups in total. The third-order valence-corrected chi connectivity index (χ3v) is 3.27. The quantitative estimate of drug-likeness (QED) is 0.857. The van der Waals surface area contributed by atoms with Crippen molar-refractivity contribution in [1.82, 2.24) is 4.98 Å². The number of aromatic nitrogens is 1. The predicted octanol–water partition coefficient (Wildman–Crippen LogP) is 3.49. The van der Waals surface area contributed by atoms with E-state index in [0.29, 0.717) is 11.3 Å². The third-order valence-electron chi connectivity index (χ3n) is 2.38. The SMILES string of the molecule is Cc1ccnc(Oc2ccccc2I)c1C(=O)O. The molecular weight excluding hydrogens is 345 g/mol. The third kappa shape index (κ3) is 2.61. The summed E-state index contributed by atoms with van der Waals surface area (Å²) in [4.78, 5) is 15.2. The summed E-state index contributed by atoms with van der Waals surface area (Å²) in [6, 6.07) is 9.01. The standard InChI is InChI=1S/C13H10INO3/c1-8-6-7-15-12(11(8)13(16)17)18-10-5-3-2-4-9(10)14/h2-7H,1H3,(H,16,17). The summed E-state index contributed by atoms with van der Waals surface area (Å²) in [6.45, 7) is 1.72. The summed E-state index contributed by atoms with van der Waals surface area (Å²) in [7, 11) is 0. The van der Waals surface area contributed by atoms with Gasteiger partial charge in [-0.05, 0) is 53.3 Å². The van der Waals surface area contributed by atoms with Crippen LogP contribution in [-0.4, -0.2) is 16.1 Å². The van der Waals surface area contributed by atoms with Gasteiger partial charge in [0.1, 0.15) is 11.3 Å². The molecule has 1 aromatic heterocycles. The van der Waals surface area contributed by atoms with E-state index in [2.05, 4.69) is 27.6 Å². The maximum Gasteiger partial charge on any atom is 0.341 e. The topological polar surface area (TPSA) is 59.4 Å². The minimum Gasteiger partial charge on any atom is -0.477 e. The van der Waals surface area contributed by atoms with E-state index in [1.165, 1.54) is 6.20 Å². The Hall–Kier alpha value is -1.63. The maximum absolute atomic E-state index is 11.2. The summed E-state index contributed by atoms with van der Waals surface area (Å²) in [5.41, 5.74) is 0.718. The fourth-order valence-electron chi connectivity index (χ4n) is 1.50. The molecule has 0 aliphatic carbocycles. The summed E-state index contributed by atoms with van der Waals surface area (Å²) in [6.07, 6.45) is 1.53. The molecule has 5 heteroatoms. The van der Waals surface area contributed by atoms with Gasteiger partial charge in [0.15, 0.2) is 0 Å². The van der Waals surface area contributed by atoms with Gasteiger partial charge in [0.25, 0.3) is 0 Å². The van der Waals surface area contributed by atoms with Crippen LogP contribution < -0.4 is 4.74 Å². The average Bonchev–Trinajstić information content (AvgIpc) is 2.31. The first-order chi connectivity index (χ1) is 8.59. The first-order valence-corrected chi connectivity index (χ1v) is 6.28. The smallest absolute Gasteiger partial charge is 0.341 e. The van der Waals surface area contributed by atoms with Gasteiger partial charge >= 0.3 is 5.97 Å². The van der Waals surface area contributed by atoms with Gasteiger partial charge in [-0.25, -0.2) is 9.78 Å². The molecule has 0 unspecified atom stereocenters. The molecule has 0 fully saturated rings. The van der Waals surface area contributed by atoms with E-state index in [0.717, 1.165) is 3.57 Å². The number of para-hydroxylation sites is 1. The molecule has 0 bridgehead atoms. The van der Waals surface area contributed by atoms with Gasteiger partial charge < -0.3 is 9.84 Å². The Morgan fingerprint density at radius 1 is 1.33 bits per heavy atom. The lowest BCUT2D eigenvalue weighted by molar-refractivity contribution is 0.0692. The van der Waals surface area contributed by atoms with E-state index in [-0.39, 0.29) is 11.4 Å². The summed E-state index contributed by atoms with van der Waals surface area (Å²) >= 11 is 2.12. The number of carboxylic acids is 1. The number of nitrogens with zero attached hydrogens (tertiary/aromatic N) is 1. The first kappa shape index (κ1) is 12.8. The maximum atomic E-state index is 11.2. The number of pyridine rings is 1. The van der Waals surface area contributed by atoms with Gasteiger partial charge in [0.2, 0.25) is 5.88 Å². The number of carboxylic acid groups (broad SMARTS) is 1. The molecule has 2 rings (SSSR count). The highest BCUT2D eigenvalue weighted by Crippen LogP contribution is 2.28. The number of hydrogen-bond donors (Lipinski definition) is 1. The van der Waals surface area contributed by atoms with Crippen molar-refractivity contribution in [3.63, 3.8) is 0 Å². The van der Waals surface area contributed by atoms with Crippen LogP contribution in [0.2, 0.25) is 0 Å². The van der Waals surface area contributed by atoms with Crippen molar-refractivity contribution >= 4 is 28.6 Å². The van der Waals surface area contributed by atoms with E-state index in [1.54, 1.807) is 19.1 Å². The summed E-state index contributed by atoms with van der Waals surface area (Å²) in [5.74, 6) is -0.327. The van der Waals surface area contributed by atoms with Crippen LogP contribution in [0.5, 0.6) is 11.6 Å². The van der Waals surface area contributed by atoms with Crippen molar-refractivity contribution in [3.8, 4) is 11.6 Å². The number of benzene rings is 1. The van der Waals surface area contributed by atoms with Crippen LogP contribution >= 0.6 is 22.6 Å². The van der Waals surface area contributed by atoms with E-state index >= 15 is 0 Å². The second kappa shape index (κ2) is 5.34. The molecule has 18 heavy (non-hydrogen) atoms. The number of rotatable bonds is 3. The molecule has 0 atom stereocenters. The Labute approximate surface area is 118 Å². The van der Waals surface area contributed by atoms with Gasteiger partial charge in [-0.1, -0.05) is 12.1 Å². The van der Waals surface area contributed by atoms with Gasteiger partial charge in [-0.2, -0.15) is 0 Å². The second-order valence-corrected chi connectivity index (χ2v) is 4.81. The lowest BCUT2D eigenvalue weighted by Crippen LogP contribution is -2.04. The number of ether oxygens (including phenoxy) is 1. The highest BCUT2D eigenvalue weighted by molar-refractivity contribution is 14.1. The zero-order valence-electron chi connectivity index (χ0n) is 9.55. The number of carbonyl (C=O) groups is 1. The Morgan fingerprint density at radius 3 is 2.72 bits per heavy atom. The highest BCUT2D eigenvalue weighted by atomic mass is 127. The van der Waals surface area contributed by atoms with Crippen molar-refractivity contribution < 1.29 is 14.6 Å². The summed E-state index contributed by atoms with van der Waals surface area (Å²) < 4.78 is 6.48. The van der Waals surface area contributed by atoms with Crippen LogP contribution in [0, 0.1) is 10.5 Å². The average molecular weight is 355 g/mol. The Morgan fingerprint density at radius 2 is 2.06 bits per heavy atom. The zero-order valence-corrected chi connectivity index (χ0v) is 11.7. The monoisotopic (exact) mass is 355 g/mol. The molecule has 0 saturated carbocycles. The number of aromatic carboxylic acids is 1. The molecule has 0 spiro atoms. The molecule has 0 aliphatic rings. The number of halogens is 1. The molecule has 1 heterocycles. The van der Waals surface area contributed by atoms with Crippen LogP contribution in [-0.2, 0) is 0 Å². The largest absolute Gasteiger partial charge is 0.477 e. The lowest BCUT2D eigenvalue weighted by Gasteiger charge is -2.10. The molecule has 0 amide bonds. The van der Waals surface area contributed by atoms with Crippen molar-refractivity contribution in [2.24, 2.45) is 0 Å². The minimum absolute atomic E-state index is 0.0946. The second-order valence-electron chi connectivity index (χ2n) is 3.65. The van der Waals surface area contributed by atoms with E-state index in [9.17, 15) is 9.90 Å². The predicted molar refractivity (Wildman–Crippen MR) is 75.2 cm³/mol. The van der Waals surface area contributed by atoms with Gasteiger partial charge in [-0.3, -0.25) is 0 Å². The van der Waals surface area contributed by atoms with Crippen LogP contribution in [0.1, 0.15) is 15.9 Å². The summed E-state index contributed by atoms with van der Waals surface area (Å²) in [5, 5.41) is 9.17. The molecule has 92 valence electrons. The van der Waals surface area contributed by atoms with Gasteiger partial charge in [0.05, 0.1) is 3.57 Å². The molecule has 0 saturated heterocycles. The van der Waals surface area contributed by atoms with Crippen LogP contribution in [0.15, 0.2) is 36.5 Å². The number of aryl methyl sites for hydroxylation is 1. The van der Waals surface area contributed by atoms with E-state index < -0.39 is 5.97 Å². The molecule has 2 aromatic rings. The fourth-order valence-corrected chi connectivity index (χ4v) is 2.00. The lowest BCUT2D eigenvalue weighted by atomic mass is 10.1. The normalized spacial score (nSPS) is 10.1. The van der Waals surface area contributed by atoms with E-state index in [4.69, 9.17) is 4.74 Å². The molecule has 1 aromatic carbocycles. The van der Waals surface area contributed by atoms with Crippen LogP contribution in [0.3, 0.4) is 0 Å². The fraction of sp³-hybridized carbons (Fsp3) is 0.0769. The van der Waals surface area contributed by atoms with E-state index in [1.807, 2.05) is 18.2 Å². The first-order valence-electron chi connectivity index (χ1n) is 5.21. The van der Waals surface area contributed by atoms with Crippen molar-refractivity contribution in [2.45, 2.75) is 6.92 Å². The zero-order chi connectivity index (χ0) is 13.1. The number of hydrogen-bond acceptors (Lipinski definition) is 3. The molecule has 0 aliphatic heterocycles. The Bertz CT molecular complexity index is 599. The minimum atomic E-state index is -1.04. The van der Waals surface area contributed by atoms with Crippen molar-refractivity contribution in [1.29, 1.82) is 0 Å². The van der Waals surface area contributed by atoms with Crippen molar-refractivity contribution in [3.05, 3.63) is 51.2 Å². The molecule has 0 radical (unpaired) electrons. The van der Waals surface area contributed by atoms with Gasteiger partial charge in [0, 0.05) is 6.20 Å².